The van der Waals surface area contributed by atoms with Crippen LogP contribution in [0.4, 0.5) is 0 Å². The summed E-state index contributed by atoms with van der Waals surface area (Å²) < 4.78 is 6.76. The Morgan fingerprint density at radius 2 is 2.10 bits per heavy atom. The summed E-state index contributed by atoms with van der Waals surface area (Å²) in [5.74, 6) is 0.877. The van der Waals surface area contributed by atoms with E-state index in [4.69, 9.17) is 9.84 Å². The molecular formula is C14H20N4O2. The average molecular weight is 276 g/mol. The first kappa shape index (κ1) is 14.5. The second-order valence-electron chi connectivity index (χ2n) is 4.47. The molecule has 0 fully saturated rings. The smallest absolute Gasteiger partial charge is 0.118 e. The summed E-state index contributed by atoms with van der Waals surface area (Å²) in [6.45, 7) is 2.12. The Kier molecular flexibility index (Phi) is 5.52. The third-order valence-electron chi connectivity index (χ3n) is 2.97. The zero-order chi connectivity index (χ0) is 14.2. The molecule has 2 aromatic rings. The van der Waals surface area contributed by atoms with Crippen molar-refractivity contribution in [3.05, 3.63) is 41.7 Å². The van der Waals surface area contributed by atoms with E-state index < -0.39 is 0 Å². The van der Waals surface area contributed by atoms with E-state index in [0.29, 0.717) is 13.1 Å². The van der Waals surface area contributed by atoms with Gasteiger partial charge in [-0.1, -0.05) is 17.3 Å². The first-order valence-electron chi connectivity index (χ1n) is 6.65. The Morgan fingerprint density at radius 1 is 1.30 bits per heavy atom. The summed E-state index contributed by atoms with van der Waals surface area (Å²) in [6.07, 6.45) is 2.80. The third kappa shape index (κ3) is 4.32. The van der Waals surface area contributed by atoms with Crippen LogP contribution in [-0.4, -0.2) is 40.4 Å². The van der Waals surface area contributed by atoms with Crippen LogP contribution in [0.3, 0.4) is 0 Å². The van der Waals surface area contributed by atoms with E-state index >= 15 is 0 Å². The lowest BCUT2D eigenvalue weighted by atomic mass is 10.1. The van der Waals surface area contributed by atoms with Crippen LogP contribution in [0, 0.1) is 0 Å². The van der Waals surface area contributed by atoms with Crippen LogP contribution >= 0.6 is 0 Å². The number of hydrogen-bond donors (Lipinski definition) is 2. The number of nitrogens with zero attached hydrogens (tertiary/aromatic N) is 3. The van der Waals surface area contributed by atoms with Crippen LogP contribution in [0.1, 0.15) is 11.3 Å². The van der Waals surface area contributed by atoms with Crippen LogP contribution in [0.2, 0.25) is 0 Å². The van der Waals surface area contributed by atoms with Gasteiger partial charge in [0.2, 0.25) is 0 Å². The lowest BCUT2D eigenvalue weighted by Gasteiger charge is -2.04. The molecule has 0 bridgehead atoms. The average Bonchev–Trinajstić information content (AvgIpc) is 2.92. The third-order valence-corrected chi connectivity index (χ3v) is 2.97. The molecular weight excluding hydrogens is 256 g/mol. The van der Waals surface area contributed by atoms with Gasteiger partial charge in [-0.15, -0.1) is 5.10 Å². The molecule has 0 aliphatic rings. The van der Waals surface area contributed by atoms with Crippen molar-refractivity contribution in [3.63, 3.8) is 0 Å². The number of benzene rings is 1. The fourth-order valence-electron chi connectivity index (χ4n) is 1.87. The summed E-state index contributed by atoms with van der Waals surface area (Å²) in [6, 6.07) is 8.07. The molecule has 1 aromatic heterocycles. The SMILES string of the molecule is COc1ccc(CCNCc2cn(CCO)nn2)cc1. The Balaban J connectivity index is 1.69. The van der Waals surface area contributed by atoms with Crippen LogP contribution in [0.5, 0.6) is 5.75 Å². The molecule has 1 aromatic carbocycles. The molecule has 1 heterocycles. The van der Waals surface area contributed by atoms with E-state index in [-0.39, 0.29) is 6.61 Å². The van der Waals surface area contributed by atoms with Gasteiger partial charge in [0.25, 0.3) is 0 Å². The highest BCUT2D eigenvalue weighted by atomic mass is 16.5. The molecule has 0 saturated heterocycles. The molecule has 0 radical (unpaired) electrons. The van der Waals surface area contributed by atoms with E-state index in [1.165, 1.54) is 5.56 Å². The molecule has 108 valence electrons. The molecule has 2 rings (SSSR count). The summed E-state index contributed by atoms with van der Waals surface area (Å²) in [5, 5.41) is 20.1. The lowest BCUT2D eigenvalue weighted by Crippen LogP contribution is -2.16. The predicted molar refractivity (Wildman–Crippen MR) is 75.5 cm³/mol. The van der Waals surface area contributed by atoms with Crippen molar-refractivity contribution in [2.45, 2.75) is 19.5 Å². The Labute approximate surface area is 118 Å². The van der Waals surface area contributed by atoms with E-state index in [1.807, 2.05) is 18.3 Å². The first-order valence-corrected chi connectivity index (χ1v) is 6.65. The van der Waals surface area contributed by atoms with Gasteiger partial charge < -0.3 is 15.2 Å². The zero-order valence-electron chi connectivity index (χ0n) is 11.6. The van der Waals surface area contributed by atoms with Gasteiger partial charge >= 0.3 is 0 Å². The van der Waals surface area contributed by atoms with Crippen molar-refractivity contribution in [3.8, 4) is 5.75 Å². The highest BCUT2D eigenvalue weighted by Crippen LogP contribution is 2.11. The number of nitrogens with one attached hydrogen (secondary N) is 1. The van der Waals surface area contributed by atoms with Gasteiger partial charge in [-0.2, -0.15) is 0 Å². The second-order valence-corrected chi connectivity index (χ2v) is 4.47. The largest absolute Gasteiger partial charge is 0.497 e. The Bertz CT molecular complexity index is 510. The predicted octanol–water partition coefficient (Wildman–Crippen LogP) is 0.611. The van der Waals surface area contributed by atoms with Crippen molar-refractivity contribution in [1.82, 2.24) is 20.3 Å². The fraction of sp³-hybridized carbons (Fsp3) is 0.429. The van der Waals surface area contributed by atoms with Crippen molar-refractivity contribution < 1.29 is 9.84 Å². The van der Waals surface area contributed by atoms with Gasteiger partial charge in [0.05, 0.1) is 26.0 Å². The molecule has 0 amide bonds. The minimum atomic E-state index is 0.0771. The normalized spacial score (nSPS) is 10.7. The number of ether oxygens (including phenoxy) is 1. The summed E-state index contributed by atoms with van der Waals surface area (Å²) in [4.78, 5) is 0. The van der Waals surface area contributed by atoms with Crippen molar-refractivity contribution in [2.24, 2.45) is 0 Å². The van der Waals surface area contributed by atoms with Gasteiger partial charge in [0.15, 0.2) is 0 Å². The Hall–Kier alpha value is -1.92. The van der Waals surface area contributed by atoms with Crippen molar-refractivity contribution >= 4 is 0 Å². The van der Waals surface area contributed by atoms with E-state index in [0.717, 1.165) is 24.4 Å². The molecule has 0 unspecified atom stereocenters. The van der Waals surface area contributed by atoms with Gasteiger partial charge in [-0.05, 0) is 30.7 Å². The van der Waals surface area contributed by atoms with Gasteiger partial charge in [-0.3, -0.25) is 0 Å². The number of rotatable bonds is 8. The van der Waals surface area contributed by atoms with E-state index in [2.05, 4.69) is 27.8 Å². The lowest BCUT2D eigenvalue weighted by molar-refractivity contribution is 0.268. The quantitative estimate of drug-likeness (QED) is 0.691. The molecule has 0 atom stereocenters. The zero-order valence-corrected chi connectivity index (χ0v) is 11.6. The molecule has 20 heavy (non-hydrogen) atoms. The van der Waals surface area contributed by atoms with Crippen LogP contribution in [0.25, 0.3) is 0 Å². The number of hydrogen-bond acceptors (Lipinski definition) is 5. The van der Waals surface area contributed by atoms with Crippen LogP contribution in [0.15, 0.2) is 30.5 Å². The number of methoxy groups -OCH3 is 1. The summed E-state index contributed by atoms with van der Waals surface area (Å²) >= 11 is 0. The highest BCUT2D eigenvalue weighted by Gasteiger charge is 2.00. The maximum Gasteiger partial charge on any atom is 0.118 e. The van der Waals surface area contributed by atoms with Gasteiger partial charge in [0, 0.05) is 12.7 Å². The molecule has 2 N–H and O–H groups in total. The molecule has 0 aliphatic carbocycles. The second kappa shape index (κ2) is 7.62. The van der Waals surface area contributed by atoms with Crippen LogP contribution in [-0.2, 0) is 19.5 Å². The maximum atomic E-state index is 8.79. The molecule has 0 saturated carbocycles. The van der Waals surface area contributed by atoms with E-state index in [1.54, 1.807) is 11.8 Å². The topological polar surface area (TPSA) is 72.2 Å². The standard InChI is InChI=1S/C14H20N4O2/c1-20-14-4-2-12(3-5-14)6-7-15-10-13-11-18(8-9-19)17-16-13/h2-5,11,15,19H,6-10H2,1H3. The van der Waals surface area contributed by atoms with Gasteiger partial charge in [0.1, 0.15) is 5.75 Å². The maximum absolute atomic E-state index is 8.79. The highest BCUT2D eigenvalue weighted by molar-refractivity contribution is 5.27. The number of aliphatic hydroxyl groups excluding tert-OH is 1. The molecule has 0 aliphatic heterocycles. The first-order chi connectivity index (χ1) is 9.81. The minimum Gasteiger partial charge on any atom is -0.497 e. The molecule has 0 spiro atoms. The van der Waals surface area contributed by atoms with Crippen molar-refractivity contribution in [1.29, 1.82) is 0 Å². The van der Waals surface area contributed by atoms with E-state index in [9.17, 15) is 0 Å². The Morgan fingerprint density at radius 3 is 2.80 bits per heavy atom. The number of aromatic nitrogens is 3. The summed E-state index contributed by atoms with van der Waals surface area (Å²) in [7, 11) is 1.67. The van der Waals surface area contributed by atoms with Crippen LogP contribution < -0.4 is 10.1 Å². The van der Waals surface area contributed by atoms with Crippen molar-refractivity contribution in [2.75, 3.05) is 20.3 Å². The minimum absolute atomic E-state index is 0.0771. The molecule has 6 nitrogen and oxygen atoms in total. The monoisotopic (exact) mass is 276 g/mol. The number of aliphatic hydroxyl groups is 1. The fourth-order valence-corrected chi connectivity index (χ4v) is 1.87. The van der Waals surface area contributed by atoms with Gasteiger partial charge in [-0.25, -0.2) is 4.68 Å². The molecule has 6 heteroatoms. The summed E-state index contributed by atoms with van der Waals surface area (Å²) in [5.41, 5.74) is 2.15.